The molecule has 1 aliphatic carbocycles. The lowest BCUT2D eigenvalue weighted by Gasteiger charge is -2.54. The van der Waals surface area contributed by atoms with E-state index >= 15 is 0 Å². The average Bonchev–Trinajstić information content (AvgIpc) is 3.06. The number of fused-ring (bicyclic) bond motifs is 1. The number of ether oxygens (including phenoxy) is 3. The van der Waals surface area contributed by atoms with Gasteiger partial charge in [-0.15, -0.1) is 0 Å². The monoisotopic (exact) mass is 283 g/mol. The molecule has 0 radical (unpaired) electrons. The summed E-state index contributed by atoms with van der Waals surface area (Å²) >= 11 is 0. The maximum atomic E-state index is 12.0. The van der Waals surface area contributed by atoms with Crippen LogP contribution in [0.2, 0.25) is 0 Å². The molecule has 3 rings (SSSR count). The molecule has 1 saturated carbocycles. The number of carbonyl (C=O) groups excluding carboxylic acids is 1. The lowest BCUT2D eigenvalue weighted by molar-refractivity contribution is -0.142. The molecule has 1 N–H and O–H groups in total. The fourth-order valence-electron chi connectivity index (χ4n) is 3.89. The summed E-state index contributed by atoms with van der Waals surface area (Å²) in [6.07, 6.45) is 3.67. The van der Waals surface area contributed by atoms with E-state index in [1.165, 1.54) is 0 Å². The normalized spacial score (nSPS) is 38.3. The molecule has 2 aliphatic heterocycles. The molecule has 0 unspecified atom stereocenters. The SMILES string of the molecule is CC1(C)[C@H](NC(=O)COC[C@@H]2CCCO2)[C@@H]2CCO[C@@H]21. The largest absolute Gasteiger partial charge is 0.377 e. The fraction of sp³-hybridized carbons (Fsp3) is 0.933. The van der Waals surface area contributed by atoms with Crippen LogP contribution in [-0.2, 0) is 19.0 Å². The molecule has 0 bridgehead atoms. The number of rotatable bonds is 5. The molecular formula is C15H25NO4. The molecule has 4 atom stereocenters. The Morgan fingerprint density at radius 2 is 2.15 bits per heavy atom. The van der Waals surface area contributed by atoms with E-state index in [-0.39, 0.29) is 30.1 Å². The van der Waals surface area contributed by atoms with Crippen molar-refractivity contribution in [1.82, 2.24) is 5.32 Å². The summed E-state index contributed by atoms with van der Waals surface area (Å²) < 4.78 is 16.7. The van der Waals surface area contributed by atoms with Crippen molar-refractivity contribution in [1.29, 1.82) is 0 Å². The summed E-state index contributed by atoms with van der Waals surface area (Å²) in [6.45, 7) is 6.62. The number of nitrogens with one attached hydrogen (secondary N) is 1. The van der Waals surface area contributed by atoms with Crippen molar-refractivity contribution in [3.63, 3.8) is 0 Å². The van der Waals surface area contributed by atoms with E-state index in [1.54, 1.807) is 0 Å². The van der Waals surface area contributed by atoms with Crippen LogP contribution < -0.4 is 5.32 Å². The first-order chi connectivity index (χ1) is 9.59. The third kappa shape index (κ3) is 2.59. The second-order valence-corrected chi connectivity index (χ2v) is 6.76. The molecule has 3 aliphatic rings. The summed E-state index contributed by atoms with van der Waals surface area (Å²) in [4.78, 5) is 12.0. The molecule has 3 fully saturated rings. The maximum absolute atomic E-state index is 12.0. The lowest BCUT2D eigenvalue weighted by Crippen LogP contribution is -2.67. The second-order valence-electron chi connectivity index (χ2n) is 6.76. The molecule has 0 aromatic heterocycles. The molecule has 0 aromatic carbocycles. The van der Waals surface area contributed by atoms with Gasteiger partial charge in [0.05, 0.1) is 18.8 Å². The van der Waals surface area contributed by atoms with Gasteiger partial charge in [0.15, 0.2) is 0 Å². The number of amides is 1. The first-order valence-corrected chi connectivity index (χ1v) is 7.69. The zero-order chi connectivity index (χ0) is 14.2. The van der Waals surface area contributed by atoms with Gasteiger partial charge in [-0.05, 0) is 19.3 Å². The van der Waals surface area contributed by atoms with Crippen molar-refractivity contribution < 1.29 is 19.0 Å². The standard InChI is InChI=1S/C15H25NO4/c1-15(2)13(11-5-7-20-14(11)15)16-12(17)9-18-8-10-4-3-6-19-10/h10-11,13-14H,3-9H2,1-2H3,(H,16,17)/t10-,11-,13+,14-/m0/s1. The van der Waals surface area contributed by atoms with Gasteiger partial charge in [0.1, 0.15) is 6.61 Å². The van der Waals surface area contributed by atoms with Crippen LogP contribution in [0.4, 0.5) is 0 Å². The summed E-state index contributed by atoms with van der Waals surface area (Å²) in [5.41, 5.74) is 0.0331. The lowest BCUT2D eigenvalue weighted by atomic mass is 9.57. The van der Waals surface area contributed by atoms with E-state index in [2.05, 4.69) is 19.2 Å². The number of hydrogen-bond donors (Lipinski definition) is 1. The van der Waals surface area contributed by atoms with Crippen LogP contribution in [0.15, 0.2) is 0 Å². The van der Waals surface area contributed by atoms with Gasteiger partial charge < -0.3 is 19.5 Å². The van der Waals surface area contributed by atoms with Crippen LogP contribution in [0, 0.1) is 11.3 Å². The number of carbonyl (C=O) groups is 1. The van der Waals surface area contributed by atoms with Crippen LogP contribution in [0.3, 0.4) is 0 Å². The van der Waals surface area contributed by atoms with Gasteiger partial charge in [-0.1, -0.05) is 13.8 Å². The Kier molecular flexibility index (Phi) is 4.02. The number of hydrogen-bond acceptors (Lipinski definition) is 4. The van der Waals surface area contributed by atoms with Crippen LogP contribution in [-0.4, -0.2) is 50.6 Å². The summed E-state index contributed by atoms with van der Waals surface area (Å²) in [7, 11) is 0. The Morgan fingerprint density at radius 3 is 2.90 bits per heavy atom. The van der Waals surface area contributed by atoms with E-state index in [0.29, 0.717) is 18.6 Å². The van der Waals surface area contributed by atoms with Crippen molar-refractivity contribution in [2.75, 3.05) is 26.4 Å². The highest BCUT2D eigenvalue weighted by Gasteiger charge is 2.59. The van der Waals surface area contributed by atoms with Crippen LogP contribution in [0.1, 0.15) is 33.1 Å². The van der Waals surface area contributed by atoms with Gasteiger partial charge >= 0.3 is 0 Å². The Morgan fingerprint density at radius 1 is 1.30 bits per heavy atom. The predicted octanol–water partition coefficient (Wildman–Crippen LogP) is 1.11. The minimum atomic E-state index is -0.0218. The van der Waals surface area contributed by atoms with E-state index in [9.17, 15) is 4.79 Å². The zero-order valence-electron chi connectivity index (χ0n) is 12.4. The third-order valence-electron chi connectivity index (χ3n) is 4.98. The van der Waals surface area contributed by atoms with Gasteiger partial charge in [-0.25, -0.2) is 0 Å². The van der Waals surface area contributed by atoms with Crippen LogP contribution in [0.25, 0.3) is 0 Å². The van der Waals surface area contributed by atoms with Crippen molar-refractivity contribution in [3.05, 3.63) is 0 Å². The predicted molar refractivity (Wildman–Crippen MR) is 73.4 cm³/mol. The summed E-state index contributed by atoms with van der Waals surface area (Å²) in [5.74, 6) is 0.457. The van der Waals surface area contributed by atoms with E-state index < -0.39 is 0 Å². The average molecular weight is 283 g/mol. The molecule has 5 nitrogen and oxygen atoms in total. The van der Waals surface area contributed by atoms with E-state index in [1.807, 2.05) is 0 Å². The van der Waals surface area contributed by atoms with Crippen LogP contribution in [0.5, 0.6) is 0 Å². The molecule has 20 heavy (non-hydrogen) atoms. The highest BCUT2D eigenvalue weighted by molar-refractivity contribution is 5.77. The topological polar surface area (TPSA) is 56.8 Å². The smallest absolute Gasteiger partial charge is 0.246 e. The molecule has 0 aromatic rings. The van der Waals surface area contributed by atoms with Gasteiger partial charge in [-0.3, -0.25) is 4.79 Å². The van der Waals surface area contributed by atoms with Gasteiger partial charge in [0.25, 0.3) is 0 Å². The Bertz CT molecular complexity index is 365. The Balaban J connectivity index is 1.40. The first kappa shape index (κ1) is 14.3. The van der Waals surface area contributed by atoms with Crippen molar-refractivity contribution in [2.45, 2.75) is 51.4 Å². The minimum absolute atomic E-state index is 0.0218. The van der Waals surface area contributed by atoms with E-state index in [0.717, 1.165) is 32.5 Å². The molecule has 2 saturated heterocycles. The van der Waals surface area contributed by atoms with Crippen molar-refractivity contribution in [2.24, 2.45) is 11.3 Å². The molecule has 2 heterocycles. The quantitative estimate of drug-likeness (QED) is 0.821. The van der Waals surface area contributed by atoms with Gasteiger partial charge in [0.2, 0.25) is 5.91 Å². The molecule has 5 heteroatoms. The highest BCUT2D eigenvalue weighted by Crippen LogP contribution is 2.52. The molecule has 0 spiro atoms. The van der Waals surface area contributed by atoms with Crippen molar-refractivity contribution >= 4 is 5.91 Å². The molecule has 114 valence electrons. The van der Waals surface area contributed by atoms with Gasteiger partial charge in [0, 0.05) is 30.6 Å². The zero-order valence-corrected chi connectivity index (χ0v) is 12.4. The third-order valence-corrected chi connectivity index (χ3v) is 4.98. The minimum Gasteiger partial charge on any atom is -0.377 e. The van der Waals surface area contributed by atoms with Crippen molar-refractivity contribution in [3.8, 4) is 0 Å². The molecule has 1 amide bonds. The van der Waals surface area contributed by atoms with Gasteiger partial charge in [-0.2, -0.15) is 0 Å². The first-order valence-electron chi connectivity index (χ1n) is 7.69. The summed E-state index contributed by atoms with van der Waals surface area (Å²) in [5, 5.41) is 3.12. The summed E-state index contributed by atoms with van der Waals surface area (Å²) in [6, 6.07) is 0.217. The van der Waals surface area contributed by atoms with E-state index in [4.69, 9.17) is 14.2 Å². The van der Waals surface area contributed by atoms with Crippen LogP contribution >= 0.6 is 0 Å². The fourth-order valence-corrected chi connectivity index (χ4v) is 3.89. The maximum Gasteiger partial charge on any atom is 0.246 e. The Labute approximate surface area is 120 Å². The highest BCUT2D eigenvalue weighted by atomic mass is 16.5. The second kappa shape index (κ2) is 5.62. The molecular weight excluding hydrogens is 258 g/mol. The Hall–Kier alpha value is -0.650.